The third-order valence-electron chi connectivity index (χ3n) is 4.32. The standard InChI is InChI=1S/C21H21ClN2O/c22-20-10-4-3-8-18(20)15-21(25)23-12-5-6-13-24-14-11-17-7-1-2-9-19(17)16-24/h1-4,7-10H,11-16H2,(H,23,25). The summed E-state index contributed by atoms with van der Waals surface area (Å²) in [6.07, 6.45) is 1.36. The minimum atomic E-state index is -0.0608. The Balaban J connectivity index is 1.40. The van der Waals surface area contributed by atoms with Gasteiger partial charge in [0.2, 0.25) is 5.91 Å². The molecule has 1 heterocycles. The Kier molecular flexibility index (Phi) is 6.11. The molecule has 0 saturated heterocycles. The van der Waals surface area contributed by atoms with Gasteiger partial charge in [0, 0.05) is 18.1 Å². The molecule has 3 nitrogen and oxygen atoms in total. The summed E-state index contributed by atoms with van der Waals surface area (Å²) in [6.45, 7) is 3.08. The van der Waals surface area contributed by atoms with Gasteiger partial charge in [0.05, 0.1) is 19.5 Å². The highest BCUT2D eigenvalue weighted by Crippen LogP contribution is 2.17. The van der Waals surface area contributed by atoms with Crippen molar-refractivity contribution in [3.8, 4) is 11.8 Å². The van der Waals surface area contributed by atoms with E-state index in [4.69, 9.17) is 11.6 Å². The first-order valence-corrected chi connectivity index (χ1v) is 8.85. The van der Waals surface area contributed by atoms with Gasteiger partial charge >= 0.3 is 0 Å². The van der Waals surface area contributed by atoms with Crippen LogP contribution in [0.4, 0.5) is 0 Å². The van der Waals surface area contributed by atoms with Crippen molar-refractivity contribution in [3.63, 3.8) is 0 Å². The first-order chi connectivity index (χ1) is 12.2. The van der Waals surface area contributed by atoms with Crippen LogP contribution in [0.3, 0.4) is 0 Å². The summed E-state index contributed by atoms with van der Waals surface area (Å²) in [5, 5.41) is 3.44. The minimum Gasteiger partial charge on any atom is -0.345 e. The van der Waals surface area contributed by atoms with Crippen molar-refractivity contribution < 1.29 is 4.79 Å². The van der Waals surface area contributed by atoms with Crippen LogP contribution in [0.25, 0.3) is 0 Å². The summed E-state index contributed by atoms with van der Waals surface area (Å²) < 4.78 is 0. The Morgan fingerprint density at radius 3 is 2.68 bits per heavy atom. The van der Waals surface area contributed by atoms with Crippen LogP contribution in [0, 0.1) is 11.8 Å². The zero-order valence-corrected chi connectivity index (χ0v) is 14.9. The number of benzene rings is 2. The third kappa shape index (κ3) is 5.09. The highest BCUT2D eigenvalue weighted by atomic mass is 35.5. The molecule has 0 atom stereocenters. The van der Waals surface area contributed by atoms with Gasteiger partial charge in [0.25, 0.3) is 0 Å². The van der Waals surface area contributed by atoms with E-state index < -0.39 is 0 Å². The third-order valence-corrected chi connectivity index (χ3v) is 4.69. The summed E-state index contributed by atoms with van der Waals surface area (Å²) in [5.74, 6) is 6.12. The highest BCUT2D eigenvalue weighted by Gasteiger charge is 2.14. The summed E-state index contributed by atoms with van der Waals surface area (Å²) in [6, 6.07) is 16.0. The number of nitrogens with zero attached hydrogens (tertiary/aromatic N) is 1. The molecule has 2 aromatic carbocycles. The number of halogens is 1. The zero-order valence-electron chi connectivity index (χ0n) is 14.1. The molecule has 0 bridgehead atoms. The first kappa shape index (κ1) is 17.5. The van der Waals surface area contributed by atoms with Crippen molar-refractivity contribution in [1.82, 2.24) is 10.2 Å². The van der Waals surface area contributed by atoms with Gasteiger partial charge in [-0.15, -0.1) is 0 Å². The Hall–Kier alpha value is -2.28. The monoisotopic (exact) mass is 352 g/mol. The number of carbonyl (C=O) groups excluding carboxylic acids is 1. The predicted molar refractivity (Wildman–Crippen MR) is 101 cm³/mol. The molecule has 0 aliphatic carbocycles. The largest absolute Gasteiger partial charge is 0.345 e. The van der Waals surface area contributed by atoms with Crippen molar-refractivity contribution in [2.45, 2.75) is 19.4 Å². The molecule has 1 aliphatic heterocycles. The first-order valence-electron chi connectivity index (χ1n) is 8.47. The minimum absolute atomic E-state index is 0.0608. The second kappa shape index (κ2) is 8.71. The molecule has 0 unspecified atom stereocenters. The van der Waals surface area contributed by atoms with E-state index in [2.05, 4.69) is 46.3 Å². The van der Waals surface area contributed by atoms with Crippen LogP contribution in [0.5, 0.6) is 0 Å². The molecule has 0 fully saturated rings. The van der Waals surface area contributed by atoms with Crippen molar-refractivity contribution in [1.29, 1.82) is 0 Å². The lowest BCUT2D eigenvalue weighted by molar-refractivity contribution is -0.120. The molecule has 4 heteroatoms. The lowest BCUT2D eigenvalue weighted by Crippen LogP contribution is -2.31. The Morgan fingerprint density at radius 2 is 1.84 bits per heavy atom. The van der Waals surface area contributed by atoms with Crippen LogP contribution < -0.4 is 5.32 Å². The number of hydrogen-bond donors (Lipinski definition) is 1. The predicted octanol–water partition coefficient (Wildman–Crippen LogP) is 3.06. The number of fused-ring (bicyclic) bond motifs is 1. The maximum atomic E-state index is 11.9. The second-order valence-electron chi connectivity index (χ2n) is 6.13. The summed E-state index contributed by atoms with van der Waals surface area (Å²) >= 11 is 6.06. The van der Waals surface area contributed by atoms with Crippen LogP contribution in [0.1, 0.15) is 16.7 Å². The van der Waals surface area contributed by atoms with Crippen LogP contribution >= 0.6 is 11.6 Å². The average molecular weight is 353 g/mol. The smallest absolute Gasteiger partial charge is 0.225 e. The second-order valence-corrected chi connectivity index (χ2v) is 6.54. The SMILES string of the molecule is O=C(Cc1ccccc1Cl)NCC#CCN1CCc2ccccc2C1. The number of amides is 1. The van der Waals surface area contributed by atoms with E-state index >= 15 is 0 Å². The van der Waals surface area contributed by atoms with E-state index in [0.29, 0.717) is 11.6 Å². The summed E-state index contributed by atoms with van der Waals surface area (Å²) in [4.78, 5) is 14.3. The van der Waals surface area contributed by atoms with Gasteiger partial charge in [-0.25, -0.2) is 0 Å². The molecule has 128 valence electrons. The molecular formula is C21H21ClN2O. The lowest BCUT2D eigenvalue weighted by atomic mass is 10.0. The van der Waals surface area contributed by atoms with Crippen LogP contribution in [0.2, 0.25) is 5.02 Å². The fourth-order valence-electron chi connectivity index (χ4n) is 2.94. The van der Waals surface area contributed by atoms with Crippen molar-refractivity contribution >= 4 is 17.5 Å². The topological polar surface area (TPSA) is 32.3 Å². The highest BCUT2D eigenvalue weighted by molar-refractivity contribution is 6.31. The number of rotatable bonds is 4. The van der Waals surface area contributed by atoms with Gasteiger partial charge < -0.3 is 5.32 Å². The fourth-order valence-corrected chi connectivity index (χ4v) is 3.14. The Labute approximate surface area is 154 Å². The van der Waals surface area contributed by atoms with E-state index in [9.17, 15) is 4.79 Å². The van der Waals surface area contributed by atoms with Gasteiger partial charge in [0.1, 0.15) is 0 Å². The van der Waals surface area contributed by atoms with Crippen molar-refractivity contribution in [2.75, 3.05) is 19.6 Å². The maximum Gasteiger partial charge on any atom is 0.225 e. The van der Waals surface area contributed by atoms with E-state index in [1.54, 1.807) is 6.07 Å². The molecule has 25 heavy (non-hydrogen) atoms. The van der Waals surface area contributed by atoms with E-state index in [0.717, 1.165) is 31.6 Å². The van der Waals surface area contributed by atoms with E-state index in [1.165, 1.54) is 11.1 Å². The summed E-state index contributed by atoms with van der Waals surface area (Å²) in [5.41, 5.74) is 3.67. The summed E-state index contributed by atoms with van der Waals surface area (Å²) in [7, 11) is 0. The van der Waals surface area contributed by atoms with Crippen LogP contribution in [-0.4, -0.2) is 30.4 Å². The Bertz CT molecular complexity index is 807. The maximum absolute atomic E-state index is 11.9. The van der Waals surface area contributed by atoms with Gasteiger partial charge in [-0.05, 0) is 29.2 Å². The van der Waals surface area contributed by atoms with Gasteiger partial charge in [0.15, 0.2) is 0 Å². The van der Waals surface area contributed by atoms with Gasteiger partial charge in [-0.2, -0.15) is 0 Å². The quantitative estimate of drug-likeness (QED) is 0.858. The normalized spacial score (nSPS) is 13.5. The van der Waals surface area contributed by atoms with Crippen LogP contribution in [-0.2, 0) is 24.2 Å². The van der Waals surface area contributed by atoms with Gasteiger partial charge in [-0.3, -0.25) is 9.69 Å². The molecule has 1 N–H and O–H groups in total. The van der Waals surface area contributed by atoms with Crippen molar-refractivity contribution in [2.24, 2.45) is 0 Å². The van der Waals surface area contributed by atoms with E-state index in [-0.39, 0.29) is 12.3 Å². The Morgan fingerprint density at radius 1 is 1.08 bits per heavy atom. The molecule has 0 saturated carbocycles. The zero-order chi connectivity index (χ0) is 17.5. The van der Waals surface area contributed by atoms with Crippen LogP contribution in [0.15, 0.2) is 48.5 Å². The number of carbonyl (C=O) groups is 1. The molecule has 0 spiro atoms. The van der Waals surface area contributed by atoms with Gasteiger partial charge in [-0.1, -0.05) is 65.9 Å². The molecule has 3 rings (SSSR count). The molecule has 1 amide bonds. The molecule has 1 aliphatic rings. The number of nitrogens with one attached hydrogen (secondary N) is 1. The lowest BCUT2D eigenvalue weighted by Gasteiger charge is -2.26. The molecule has 0 radical (unpaired) electrons. The van der Waals surface area contributed by atoms with E-state index in [1.807, 2.05) is 18.2 Å². The average Bonchev–Trinajstić information content (AvgIpc) is 2.63. The number of hydrogen-bond acceptors (Lipinski definition) is 2. The van der Waals surface area contributed by atoms with Crippen molar-refractivity contribution in [3.05, 3.63) is 70.2 Å². The molecule has 0 aromatic heterocycles. The molecule has 2 aromatic rings. The molecular weight excluding hydrogens is 332 g/mol. The fraction of sp³-hybridized carbons (Fsp3) is 0.286.